The van der Waals surface area contributed by atoms with Crippen LogP contribution in [0.15, 0.2) is 23.1 Å². The first kappa shape index (κ1) is 10.8. The monoisotopic (exact) mass is 223 g/mol. The van der Waals surface area contributed by atoms with E-state index >= 15 is 0 Å². The molecule has 2 N–H and O–H groups in total. The van der Waals surface area contributed by atoms with Crippen molar-refractivity contribution in [3.05, 3.63) is 23.8 Å². The smallest absolute Gasteiger partial charge is 0.0669 e. The molecule has 1 aliphatic heterocycles. The summed E-state index contributed by atoms with van der Waals surface area (Å²) in [5.74, 6) is 0. The van der Waals surface area contributed by atoms with Gasteiger partial charge >= 0.3 is 0 Å². The maximum Gasteiger partial charge on any atom is 0.0669 e. The molecule has 1 aromatic carbocycles. The number of benzene rings is 1. The minimum Gasteiger partial charge on any atom is -0.399 e. The number of thioether (sulfide) groups is 1. The molecule has 0 saturated carbocycles. The van der Waals surface area contributed by atoms with Crippen LogP contribution in [0.2, 0.25) is 0 Å². The molecule has 0 aromatic heterocycles. The van der Waals surface area contributed by atoms with Crippen molar-refractivity contribution in [1.29, 1.82) is 0 Å². The highest BCUT2D eigenvalue weighted by molar-refractivity contribution is 8.00. The van der Waals surface area contributed by atoms with Crippen molar-refractivity contribution in [3.8, 4) is 0 Å². The van der Waals surface area contributed by atoms with Crippen LogP contribution in [0.5, 0.6) is 0 Å². The lowest BCUT2D eigenvalue weighted by atomic mass is 10.2. The van der Waals surface area contributed by atoms with Gasteiger partial charge in [0, 0.05) is 22.4 Å². The van der Waals surface area contributed by atoms with Crippen LogP contribution in [0.3, 0.4) is 0 Å². The normalized spacial score (nSPS) is 25.7. The van der Waals surface area contributed by atoms with Crippen LogP contribution in [0.1, 0.15) is 18.9 Å². The predicted octanol–water partition coefficient (Wildman–Crippen LogP) is 2.85. The first-order chi connectivity index (χ1) is 7.16. The molecule has 2 atom stereocenters. The molecule has 0 radical (unpaired) electrons. The Bertz CT molecular complexity index is 353. The zero-order chi connectivity index (χ0) is 10.8. The molecular weight excluding hydrogens is 206 g/mol. The Morgan fingerprint density at radius 1 is 1.47 bits per heavy atom. The van der Waals surface area contributed by atoms with E-state index in [1.165, 1.54) is 10.5 Å². The molecule has 0 spiro atoms. The van der Waals surface area contributed by atoms with Gasteiger partial charge in [0.15, 0.2) is 0 Å². The Morgan fingerprint density at radius 2 is 2.27 bits per heavy atom. The van der Waals surface area contributed by atoms with E-state index in [0.717, 1.165) is 18.7 Å². The molecule has 3 heteroatoms. The summed E-state index contributed by atoms with van der Waals surface area (Å²) < 4.78 is 5.56. The van der Waals surface area contributed by atoms with Gasteiger partial charge in [0.05, 0.1) is 6.10 Å². The molecule has 0 aliphatic carbocycles. The maximum absolute atomic E-state index is 5.73. The molecule has 1 saturated heterocycles. The number of hydrogen-bond acceptors (Lipinski definition) is 3. The second-order valence-corrected chi connectivity index (χ2v) is 5.33. The largest absolute Gasteiger partial charge is 0.399 e. The zero-order valence-corrected chi connectivity index (χ0v) is 10.0. The van der Waals surface area contributed by atoms with Crippen LogP contribution in [0.4, 0.5) is 5.69 Å². The zero-order valence-electron chi connectivity index (χ0n) is 9.19. The van der Waals surface area contributed by atoms with E-state index in [0.29, 0.717) is 11.4 Å². The molecule has 2 rings (SSSR count). The lowest BCUT2D eigenvalue weighted by Gasteiger charge is -2.15. The van der Waals surface area contributed by atoms with Gasteiger partial charge in [-0.15, -0.1) is 11.8 Å². The third-order valence-corrected chi connectivity index (χ3v) is 4.42. The lowest BCUT2D eigenvalue weighted by molar-refractivity contribution is 0.127. The molecule has 1 aromatic rings. The first-order valence-electron chi connectivity index (χ1n) is 5.31. The van der Waals surface area contributed by atoms with Crippen molar-refractivity contribution in [2.45, 2.75) is 36.5 Å². The molecule has 1 fully saturated rings. The SMILES string of the molecule is Cc1cc(N)ccc1SC1CCOC1C. The van der Waals surface area contributed by atoms with Crippen LogP contribution in [-0.4, -0.2) is 18.0 Å². The fourth-order valence-corrected chi connectivity index (χ4v) is 3.04. The second kappa shape index (κ2) is 4.45. The molecule has 2 nitrogen and oxygen atoms in total. The van der Waals surface area contributed by atoms with Gasteiger partial charge in [-0.05, 0) is 44.0 Å². The summed E-state index contributed by atoms with van der Waals surface area (Å²) in [5, 5.41) is 0.590. The number of aryl methyl sites for hydroxylation is 1. The molecule has 0 amide bonds. The van der Waals surface area contributed by atoms with Crippen molar-refractivity contribution in [1.82, 2.24) is 0 Å². The van der Waals surface area contributed by atoms with Crippen LogP contribution in [0.25, 0.3) is 0 Å². The average molecular weight is 223 g/mol. The van der Waals surface area contributed by atoms with E-state index in [1.54, 1.807) is 0 Å². The van der Waals surface area contributed by atoms with Gasteiger partial charge < -0.3 is 10.5 Å². The molecule has 2 unspecified atom stereocenters. The van der Waals surface area contributed by atoms with Gasteiger partial charge in [-0.2, -0.15) is 0 Å². The molecule has 1 heterocycles. The Kier molecular flexibility index (Phi) is 3.22. The number of ether oxygens (including phenoxy) is 1. The van der Waals surface area contributed by atoms with E-state index in [9.17, 15) is 0 Å². The topological polar surface area (TPSA) is 35.2 Å². The van der Waals surface area contributed by atoms with Crippen LogP contribution in [0, 0.1) is 6.92 Å². The van der Waals surface area contributed by atoms with Gasteiger partial charge in [-0.3, -0.25) is 0 Å². The van der Waals surface area contributed by atoms with Crippen molar-refractivity contribution in [2.75, 3.05) is 12.3 Å². The Labute approximate surface area is 95.2 Å². The summed E-state index contributed by atoms with van der Waals surface area (Å²) in [6.45, 7) is 5.16. The van der Waals surface area contributed by atoms with E-state index in [2.05, 4.69) is 19.9 Å². The van der Waals surface area contributed by atoms with Gasteiger partial charge in [0.1, 0.15) is 0 Å². The second-order valence-electron chi connectivity index (χ2n) is 4.05. The summed E-state index contributed by atoms with van der Waals surface area (Å²) in [5.41, 5.74) is 7.83. The van der Waals surface area contributed by atoms with E-state index in [4.69, 9.17) is 10.5 Å². The third-order valence-electron chi connectivity index (χ3n) is 2.78. The summed E-state index contributed by atoms with van der Waals surface area (Å²) in [6.07, 6.45) is 1.52. The fourth-order valence-electron chi connectivity index (χ4n) is 1.83. The summed E-state index contributed by atoms with van der Waals surface area (Å²) in [4.78, 5) is 1.33. The minimum absolute atomic E-state index is 0.368. The standard InChI is InChI=1S/C12H17NOS/c1-8-7-10(13)3-4-11(8)15-12-5-6-14-9(12)2/h3-4,7,9,12H,5-6,13H2,1-2H3. The van der Waals surface area contributed by atoms with E-state index < -0.39 is 0 Å². The Hall–Kier alpha value is -0.670. The summed E-state index contributed by atoms with van der Waals surface area (Å²) >= 11 is 1.91. The average Bonchev–Trinajstić information content (AvgIpc) is 2.57. The van der Waals surface area contributed by atoms with Crippen molar-refractivity contribution in [3.63, 3.8) is 0 Å². The van der Waals surface area contributed by atoms with Crippen LogP contribution in [-0.2, 0) is 4.74 Å². The Balaban J connectivity index is 2.10. The quantitative estimate of drug-likeness (QED) is 0.783. The fraction of sp³-hybridized carbons (Fsp3) is 0.500. The molecular formula is C12H17NOS. The molecule has 15 heavy (non-hydrogen) atoms. The van der Waals surface area contributed by atoms with Gasteiger partial charge in [-0.25, -0.2) is 0 Å². The number of rotatable bonds is 2. The molecule has 0 bridgehead atoms. The maximum atomic E-state index is 5.73. The first-order valence-corrected chi connectivity index (χ1v) is 6.19. The minimum atomic E-state index is 0.368. The van der Waals surface area contributed by atoms with Gasteiger partial charge in [0.2, 0.25) is 0 Å². The van der Waals surface area contributed by atoms with Crippen molar-refractivity contribution >= 4 is 17.4 Å². The van der Waals surface area contributed by atoms with Crippen LogP contribution >= 0.6 is 11.8 Å². The number of nitrogens with two attached hydrogens (primary N) is 1. The Morgan fingerprint density at radius 3 is 2.87 bits per heavy atom. The molecule has 1 aliphatic rings. The van der Waals surface area contributed by atoms with Crippen molar-refractivity contribution in [2.24, 2.45) is 0 Å². The van der Waals surface area contributed by atoms with E-state index in [-0.39, 0.29) is 0 Å². The predicted molar refractivity (Wildman–Crippen MR) is 65.3 cm³/mol. The highest BCUT2D eigenvalue weighted by Gasteiger charge is 2.25. The number of anilines is 1. The van der Waals surface area contributed by atoms with E-state index in [1.807, 2.05) is 23.9 Å². The summed E-state index contributed by atoms with van der Waals surface area (Å²) in [7, 11) is 0. The van der Waals surface area contributed by atoms with Gasteiger partial charge in [0.25, 0.3) is 0 Å². The van der Waals surface area contributed by atoms with Crippen LogP contribution < -0.4 is 5.73 Å². The highest BCUT2D eigenvalue weighted by atomic mass is 32.2. The lowest BCUT2D eigenvalue weighted by Crippen LogP contribution is -2.13. The third kappa shape index (κ3) is 2.47. The number of hydrogen-bond donors (Lipinski definition) is 1. The highest BCUT2D eigenvalue weighted by Crippen LogP contribution is 2.34. The van der Waals surface area contributed by atoms with Crippen molar-refractivity contribution < 1.29 is 4.74 Å². The van der Waals surface area contributed by atoms with Gasteiger partial charge in [-0.1, -0.05) is 0 Å². The molecule has 82 valence electrons. The summed E-state index contributed by atoms with van der Waals surface area (Å²) in [6, 6.07) is 6.11. The number of nitrogen functional groups attached to an aromatic ring is 1.